The van der Waals surface area contributed by atoms with E-state index in [4.69, 9.17) is 0 Å². The van der Waals surface area contributed by atoms with Crippen LogP contribution < -0.4 is 4.72 Å². The Morgan fingerprint density at radius 1 is 1.10 bits per heavy atom. The van der Waals surface area contributed by atoms with E-state index in [0.717, 1.165) is 11.1 Å². The van der Waals surface area contributed by atoms with Gasteiger partial charge in [0.1, 0.15) is 4.21 Å². The van der Waals surface area contributed by atoms with Crippen molar-refractivity contribution in [3.05, 3.63) is 51.9 Å². The zero-order valence-electron chi connectivity index (χ0n) is 12.1. The monoisotopic (exact) mass is 309 g/mol. The van der Waals surface area contributed by atoms with Gasteiger partial charge in [0.05, 0.1) is 0 Å². The highest BCUT2D eigenvalue weighted by Gasteiger charge is 2.20. The molecule has 2 rings (SSSR count). The Balaban J connectivity index is 2.29. The van der Waals surface area contributed by atoms with Gasteiger partial charge in [-0.05, 0) is 61.4 Å². The molecule has 1 N–H and O–H groups in total. The molecular weight excluding hydrogens is 290 g/mol. The molecule has 3 nitrogen and oxygen atoms in total. The molecule has 0 aliphatic heterocycles. The Morgan fingerprint density at radius 3 is 2.35 bits per heavy atom. The zero-order valence-corrected chi connectivity index (χ0v) is 13.7. The number of aryl methyl sites for hydroxylation is 3. The molecule has 0 aliphatic carbocycles. The second-order valence-corrected chi connectivity index (χ2v) is 7.96. The van der Waals surface area contributed by atoms with Crippen molar-refractivity contribution in [2.75, 3.05) is 0 Å². The van der Waals surface area contributed by atoms with Crippen molar-refractivity contribution in [1.29, 1.82) is 0 Å². The number of hydrogen-bond acceptors (Lipinski definition) is 3. The normalized spacial score (nSPS) is 13.4. The van der Waals surface area contributed by atoms with Crippen LogP contribution in [0.15, 0.2) is 33.9 Å². The first-order valence-electron chi connectivity index (χ1n) is 6.45. The van der Waals surface area contributed by atoms with Gasteiger partial charge in [0.25, 0.3) is 10.0 Å². The molecule has 0 saturated heterocycles. The third-order valence-corrected chi connectivity index (χ3v) is 6.38. The molecular formula is C15H19NO2S2. The molecule has 5 heteroatoms. The van der Waals surface area contributed by atoms with Crippen molar-refractivity contribution in [2.24, 2.45) is 0 Å². The maximum Gasteiger partial charge on any atom is 0.250 e. The predicted octanol–water partition coefficient (Wildman–Crippen LogP) is 3.71. The van der Waals surface area contributed by atoms with Crippen LogP contribution in [-0.4, -0.2) is 8.42 Å². The van der Waals surface area contributed by atoms with Crippen LogP contribution in [0.4, 0.5) is 0 Å². The molecule has 0 unspecified atom stereocenters. The maximum atomic E-state index is 12.2. The average Bonchev–Trinajstić information content (AvgIpc) is 2.87. The summed E-state index contributed by atoms with van der Waals surface area (Å²) in [6, 6.07) is 7.27. The summed E-state index contributed by atoms with van der Waals surface area (Å²) < 4.78 is 27.6. The van der Waals surface area contributed by atoms with Gasteiger partial charge in [-0.25, -0.2) is 13.1 Å². The minimum atomic E-state index is -3.44. The fourth-order valence-electron chi connectivity index (χ4n) is 2.22. The van der Waals surface area contributed by atoms with Crippen molar-refractivity contribution in [3.8, 4) is 0 Å². The van der Waals surface area contributed by atoms with Crippen LogP contribution in [0.1, 0.15) is 35.2 Å². The largest absolute Gasteiger partial charge is 0.250 e. The molecule has 108 valence electrons. The lowest BCUT2D eigenvalue weighted by molar-refractivity contribution is 0.568. The third kappa shape index (κ3) is 3.11. The van der Waals surface area contributed by atoms with E-state index in [9.17, 15) is 8.42 Å². The number of thiophene rings is 1. The van der Waals surface area contributed by atoms with Crippen molar-refractivity contribution in [3.63, 3.8) is 0 Å². The molecule has 1 heterocycles. The molecule has 0 saturated carbocycles. The second kappa shape index (κ2) is 5.68. The molecule has 0 fully saturated rings. The Bertz CT molecular complexity index is 704. The Labute approximate surface area is 124 Å². The Morgan fingerprint density at radius 2 is 1.75 bits per heavy atom. The lowest BCUT2D eigenvalue weighted by atomic mass is 9.97. The molecule has 0 radical (unpaired) electrons. The number of hydrogen-bond donors (Lipinski definition) is 1. The highest BCUT2D eigenvalue weighted by Crippen LogP contribution is 2.24. The van der Waals surface area contributed by atoms with E-state index < -0.39 is 10.0 Å². The van der Waals surface area contributed by atoms with Gasteiger partial charge in [0.2, 0.25) is 0 Å². The Kier molecular flexibility index (Phi) is 4.32. The van der Waals surface area contributed by atoms with Crippen molar-refractivity contribution >= 4 is 21.4 Å². The van der Waals surface area contributed by atoms with Crippen molar-refractivity contribution in [2.45, 2.75) is 37.9 Å². The summed E-state index contributed by atoms with van der Waals surface area (Å²) in [5, 5.41) is 1.76. The van der Waals surface area contributed by atoms with Crippen LogP contribution in [0.5, 0.6) is 0 Å². The lowest BCUT2D eigenvalue weighted by Crippen LogP contribution is -2.26. The Hall–Kier alpha value is -1.17. The van der Waals surface area contributed by atoms with Crippen LogP contribution in [0.2, 0.25) is 0 Å². The van der Waals surface area contributed by atoms with Gasteiger partial charge < -0.3 is 0 Å². The van der Waals surface area contributed by atoms with Gasteiger partial charge in [-0.15, -0.1) is 11.3 Å². The van der Waals surface area contributed by atoms with Crippen LogP contribution in [0.3, 0.4) is 0 Å². The lowest BCUT2D eigenvalue weighted by Gasteiger charge is -2.18. The average molecular weight is 309 g/mol. The van der Waals surface area contributed by atoms with Crippen molar-refractivity contribution < 1.29 is 8.42 Å². The molecule has 0 bridgehead atoms. The number of benzene rings is 1. The highest BCUT2D eigenvalue weighted by atomic mass is 32.2. The van der Waals surface area contributed by atoms with E-state index >= 15 is 0 Å². The highest BCUT2D eigenvalue weighted by molar-refractivity contribution is 7.91. The second-order valence-electron chi connectivity index (χ2n) is 5.07. The van der Waals surface area contributed by atoms with Gasteiger partial charge in [0.15, 0.2) is 0 Å². The SMILES string of the molecule is Cc1cc(C)c([C@H](C)NS(=O)(=O)c2cccs2)cc1C. The summed E-state index contributed by atoms with van der Waals surface area (Å²) in [5.74, 6) is 0. The smallest absolute Gasteiger partial charge is 0.206 e. The first-order chi connectivity index (χ1) is 9.31. The number of rotatable bonds is 4. The summed E-state index contributed by atoms with van der Waals surface area (Å²) >= 11 is 1.23. The molecule has 0 amide bonds. The summed E-state index contributed by atoms with van der Waals surface area (Å²) in [5.41, 5.74) is 4.52. The van der Waals surface area contributed by atoms with Crippen LogP contribution in [0, 0.1) is 20.8 Å². The van der Waals surface area contributed by atoms with E-state index in [1.54, 1.807) is 17.5 Å². The van der Waals surface area contributed by atoms with E-state index in [-0.39, 0.29) is 6.04 Å². The topological polar surface area (TPSA) is 46.2 Å². The molecule has 1 aromatic carbocycles. The van der Waals surface area contributed by atoms with E-state index in [1.807, 2.05) is 20.8 Å². The summed E-state index contributed by atoms with van der Waals surface area (Å²) in [6.07, 6.45) is 0. The fourth-order valence-corrected chi connectivity index (χ4v) is 4.45. The van der Waals surface area contributed by atoms with Gasteiger partial charge >= 0.3 is 0 Å². The van der Waals surface area contributed by atoms with Gasteiger partial charge in [-0.3, -0.25) is 0 Å². The summed E-state index contributed by atoms with van der Waals surface area (Å²) in [7, 11) is -3.44. The third-order valence-electron chi connectivity index (χ3n) is 3.44. The van der Waals surface area contributed by atoms with Crippen LogP contribution >= 0.6 is 11.3 Å². The van der Waals surface area contributed by atoms with E-state index in [0.29, 0.717) is 4.21 Å². The number of sulfonamides is 1. The van der Waals surface area contributed by atoms with Crippen LogP contribution in [-0.2, 0) is 10.0 Å². The molecule has 0 aliphatic rings. The molecule has 1 atom stereocenters. The zero-order chi connectivity index (χ0) is 14.9. The fraction of sp³-hybridized carbons (Fsp3) is 0.333. The predicted molar refractivity (Wildman–Crippen MR) is 83.7 cm³/mol. The van der Waals surface area contributed by atoms with Crippen molar-refractivity contribution in [1.82, 2.24) is 4.72 Å². The quantitative estimate of drug-likeness (QED) is 0.935. The molecule has 2 aromatic rings. The molecule has 20 heavy (non-hydrogen) atoms. The minimum absolute atomic E-state index is 0.249. The molecule has 1 aromatic heterocycles. The minimum Gasteiger partial charge on any atom is -0.206 e. The van der Waals surface area contributed by atoms with Gasteiger partial charge in [-0.2, -0.15) is 0 Å². The number of nitrogens with one attached hydrogen (secondary N) is 1. The molecule has 0 spiro atoms. The van der Waals surface area contributed by atoms with E-state index in [2.05, 4.69) is 23.8 Å². The maximum absolute atomic E-state index is 12.2. The van der Waals surface area contributed by atoms with Gasteiger partial charge in [0, 0.05) is 6.04 Å². The summed E-state index contributed by atoms with van der Waals surface area (Å²) in [4.78, 5) is 0. The summed E-state index contributed by atoms with van der Waals surface area (Å²) in [6.45, 7) is 7.99. The van der Waals surface area contributed by atoms with Crippen LogP contribution in [0.25, 0.3) is 0 Å². The standard InChI is InChI=1S/C15H19NO2S2/c1-10-8-12(3)14(9-11(10)2)13(4)16-20(17,18)15-6-5-7-19-15/h5-9,13,16H,1-4H3/t13-/m0/s1. The first kappa shape index (κ1) is 15.2. The van der Waals surface area contributed by atoms with E-state index in [1.165, 1.54) is 22.5 Å². The van der Waals surface area contributed by atoms with Gasteiger partial charge in [-0.1, -0.05) is 18.2 Å². The first-order valence-corrected chi connectivity index (χ1v) is 8.81.